The van der Waals surface area contributed by atoms with E-state index < -0.39 is 11.9 Å². The molecule has 0 radical (unpaired) electrons. The molecule has 0 spiro atoms. The van der Waals surface area contributed by atoms with Crippen LogP contribution in [0.4, 0.5) is 5.82 Å². The molecule has 0 aliphatic rings. The number of carbonyl (C=O) groups is 1. The lowest BCUT2D eigenvalue weighted by Gasteiger charge is -2.19. The van der Waals surface area contributed by atoms with E-state index in [1.807, 2.05) is 55.5 Å². The van der Waals surface area contributed by atoms with Gasteiger partial charge in [0.2, 0.25) is 0 Å². The predicted octanol–water partition coefficient (Wildman–Crippen LogP) is 3.02. The molecule has 10 nitrogen and oxygen atoms in total. The van der Waals surface area contributed by atoms with Crippen LogP contribution in [-0.2, 0) is 0 Å². The summed E-state index contributed by atoms with van der Waals surface area (Å²) in [6.45, 7) is 3.68. The fourth-order valence-corrected chi connectivity index (χ4v) is 4.66. The molecule has 4 heterocycles. The van der Waals surface area contributed by atoms with Crippen LogP contribution in [0, 0.1) is 18.8 Å². The van der Waals surface area contributed by atoms with E-state index in [4.69, 9.17) is 10.7 Å². The average Bonchev–Trinajstić information content (AvgIpc) is 3.32. The SMILES string of the molecule is Cc1ccc(C#Cc2cccc3nc(C(C)NC(=O)c4c(N)[nH][n+]5cccnc45)n(-c4ccccc4)c(=O)c23)cn1. The minimum atomic E-state index is -0.675. The Bertz CT molecular complexity index is 2050. The molecule has 0 aliphatic heterocycles. The van der Waals surface area contributed by atoms with Crippen LogP contribution in [0.2, 0.25) is 0 Å². The van der Waals surface area contributed by atoms with Crippen LogP contribution in [0.5, 0.6) is 0 Å². The van der Waals surface area contributed by atoms with E-state index in [0.29, 0.717) is 33.6 Å². The van der Waals surface area contributed by atoms with Crippen molar-refractivity contribution >= 4 is 28.3 Å². The Morgan fingerprint density at radius 1 is 1.05 bits per heavy atom. The van der Waals surface area contributed by atoms with Crippen molar-refractivity contribution in [1.82, 2.24) is 29.9 Å². The molecule has 1 atom stereocenters. The Morgan fingerprint density at radius 2 is 1.88 bits per heavy atom. The van der Waals surface area contributed by atoms with Gasteiger partial charge in [-0.15, -0.1) is 4.52 Å². The van der Waals surface area contributed by atoms with Crippen molar-refractivity contribution < 1.29 is 9.31 Å². The van der Waals surface area contributed by atoms with Gasteiger partial charge >= 0.3 is 5.65 Å². The molecular formula is C31H25N8O2+. The maximum atomic E-state index is 14.2. The summed E-state index contributed by atoms with van der Waals surface area (Å²) in [6.07, 6.45) is 4.99. The summed E-state index contributed by atoms with van der Waals surface area (Å²) in [6, 6.07) is 19.4. The molecule has 4 N–H and O–H groups in total. The van der Waals surface area contributed by atoms with Crippen molar-refractivity contribution in [2.45, 2.75) is 19.9 Å². The van der Waals surface area contributed by atoms with Gasteiger partial charge in [0.15, 0.2) is 11.4 Å². The Hall–Kier alpha value is -5.82. The first kappa shape index (κ1) is 25.5. The number of nitrogen functional groups attached to an aromatic ring is 1. The second-order valence-corrected chi connectivity index (χ2v) is 9.49. The number of fused-ring (bicyclic) bond motifs is 2. The van der Waals surface area contributed by atoms with Gasteiger partial charge in [-0.1, -0.05) is 36.1 Å². The van der Waals surface area contributed by atoms with Crippen LogP contribution in [0.1, 0.15) is 46.0 Å². The molecule has 0 bridgehead atoms. The highest BCUT2D eigenvalue weighted by atomic mass is 16.2. The van der Waals surface area contributed by atoms with Crippen molar-refractivity contribution in [3.63, 3.8) is 0 Å². The van der Waals surface area contributed by atoms with Crippen LogP contribution in [0.25, 0.3) is 22.2 Å². The molecule has 0 aliphatic carbocycles. The molecule has 4 aromatic heterocycles. The summed E-state index contributed by atoms with van der Waals surface area (Å²) in [5, 5.41) is 6.24. The van der Waals surface area contributed by atoms with Crippen LogP contribution >= 0.6 is 0 Å². The minimum absolute atomic E-state index is 0.173. The maximum Gasteiger partial charge on any atom is 0.362 e. The van der Waals surface area contributed by atoms with E-state index in [9.17, 15) is 9.59 Å². The fourth-order valence-electron chi connectivity index (χ4n) is 4.66. The molecule has 2 aromatic carbocycles. The molecule has 0 fully saturated rings. The van der Waals surface area contributed by atoms with Gasteiger partial charge in [0, 0.05) is 29.1 Å². The zero-order chi connectivity index (χ0) is 28.5. The lowest BCUT2D eigenvalue weighted by molar-refractivity contribution is -0.577. The number of nitrogens with one attached hydrogen (secondary N) is 2. The number of H-pyrrole nitrogens is 1. The van der Waals surface area contributed by atoms with E-state index in [2.05, 4.69) is 32.2 Å². The number of hydrogen-bond acceptors (Lipinski definition) is 6. The third-order valence-corrected chi connectivity index (χ3v) is 6.63. The van der Waals surface area contributed by atoms with E-state index in [-0.39, 0.29) is 16.9 Å². The highest BCUT2D eigenvalue weighted by Gasteiger charge is 2.27. The number of rotatable bonds is 4. The topological polar surface area (TPSA) is 136 Å². The highest BCUT2D eigenvalue weighted by Crippen LogP contribution is 2.21. The number of aryl methyl sites for hydroxylation is 1. The summed E-state index contributed by atoms with van der Waals surface area (Å²) in [5.41, 5.74) is 9.66. The van der Waals surface area contributed by atoms with E-state index in [1.165, 1.54) is 4.57 Å². The lowest BCUT2D eigenvalue weighted by atomic mass is 10.1. The molecule has 6 rings (SSSR count). The standard InChI is InChI=1S/C31H24N8O2/c1-19-12-13-21(18-34-19)14-15-22-8-6-11-24-25(22)31(41)39(23-9-4-3-5-10-23)28(36-24)20(2)35-30(40)26-27(32)37-38-17-7-16-33-29(26)38/h3-13,16-18,20H,1-2H3,(H3,32,35,37,40)/p+1. The predicted molar refractivity (Wildman–Crippen MR) is 154 cm³/mol. The Labute approximate surface area is 234 Å². The zero-order valence-electron chi connectivity index (χ0n) is 22.3. The van der Waals surface area contributed by atoms with Gasteiger partial charge in [-0.05, 0) is 55.2 Å². The third-order valence-electron chi connectivity index (χ3n) is 6.63. The molecule has 6 aromatic rings. The number of nitrogens with zero attached hydrogens (tertiary/aromatic N) is 5. The lowest BCUT2D eigenvalue weighted by Crippen LogP contribution is -2.34. The Balaban J connectivity index is 1.47. The monoisotopic (exact) mass is 541 g/mol. The van der Waals surface area contributed by atoms with Crippen LogP contribution in [0.3, 0.4) is 0 Å². The number of carbonyl (C=O) groups excluding carboxylic acids is 1. The van der Waals surface area contributed by atoms with Crippen LogP contribution in [-0.4, -0.2) is 30.5 Å². The van der Waals surface area contributed by atoms with E-state index >= 15 is 0 Å². The quantitative estimate of drug-likeness (QED) is 0.232. The van der Waals surface area contributed by atoms with Gasteiger partial charge in [0.1, 0.15) is 18.2 Å². The smallest absolute Gasteiger partial charge is 0.362 e. The fraction of sp³-hybridized carbons (Fsp3) is 0.0968. The number of aromatic amines is 1. The molecular weight excluding hydrogens is 516 g/mol. The molecule has 41 heavy (non-hydrogen) atoms. The van der Waals surface area contributed by atoms with Gasteiger partial charge in [0.25, 0.3) is 11.5 Å². The first-order chi connectivity index (χ1) is 19.9. The number of nitrogens with two attached hydrogens (primary N) is 1. The van der Waals surface area contributed by atoms with Gasteiger partial charge in [-0.2, -0.15) is 0 Å². The molecule has 1 amide bonds. The number of benzene rings is 2. The number of aromatic nitrogens is 6. The maximum absolute atomic E-state index is 14.2. The normalized spacial score (nSPS) is 11.7. The molecule has 10 heteroatoms. The second kappa shape index (κ2) is 10.4. The molecule has 1 unspecified atom stereocenters. The Kier molecular flexibility index (Phi) is 6.45. The largest absolute Gasteiger partial charge is 0.382 e. The summed E-state index contributed by atoms with van der Waals surface area (Å²) in [4.78, 5) is 41.0. The van der Waals surface area contributed by atoms with Crippen LogP contribution in [0.15, 0.2) is 90.1 Å². The van der Waals surface area contributed by atoms with Gasteiger partial charge in [-0.3, -0.25) is 19.1 Å². The summed E-state index contributed by atoms with van der Waals surface area (Å²) in [7, 11) is 0. The number of hydrogen-bond donors (Lipinski definition) is 3. The third kappa shape index (κ3) is 4.77. The summed E-state index contributed by atoms with van der Waals surface area (Å²) >= 11 is 0. The van der Waals surface area contributed by atoms with Gasteiger partial charge in [-0.25, -0.2) is 10.1 Å². The molecule has 0 saturated heterocycles. The summed E-state index contributed by atoms with van der Waals surface area (Å²) < 4.78 is 3.08. The van der Waals surface area contributed by atoms with Crippen LogP contribution < -0.4 is 21.1 Å². The number of amides is 1. The van der Waals surface area contributed by atoms with Crippen molar-refractivity contribution in [1.29, 1.82) is 0 Å². The molecule has 0 saturated carbocycles. The van der Waals surface area contributed by atoms with Crippen molar-refractivity contribution in [2.75, 3.05) is 5.73 Å². The second-order valence-electron chi connectivity index (χ2n) is 9.49. The van der Waals surface area contributed by atoms with Crippen molar-refractivity contribution in [3.8, 4) is 17.5 Å². The first-order valence-electron chi connectivity index (χ1n) is 12.9. The number of anilines is 1. The number of pyridine rings is 1. The highest BCUT2D eigenvalue weighted by molar-refractivity contribution is 6.03. The first-order valence-corrected chi connectivity index (χ1v) is 12.9. The zero-order valence-corrected chi connectivity index (χ0v) is 22.3. The summed E-state index contributed by atoms with van der Waals surface area (Å²) in [5.74, 6) is 6.30. The van der Waals surface area contributed by atoms with Gasteiger partial charge in [0.05, 0.1) is 22.6 Å². The Morgan fingerprint density at radius 3 is 2.66 bits per heavy atom. The van der Waals surface area contributed by atoms with Crippen molar-refractivity contribution in [3.05, 3.63) is 124 Å². The minimum Gasteiger partial charge on any atom is -0.382 e. The molecule has 200 valence electrons. The number of para-hydroxylation sites is 1. The van der Waals surface area contributed by atoms with E-state index in [0.717, 1.165) is 11.3 Å². The van der Waals surface area contributed by atoms with E-state index in [1.54, 1.807) is 48.2 Å². The van der Waals surface area contributed by atoms with Crippen molar-refractivity contribution in [2.24, 2.45) is 0 Å². The van der Waals surface area contributed by atoms with Gasteiger partial charge < -0.3 is 11.1 Å². The average molecular weight is 542 g/mol.